The molecular formula is C25H28N4O2. The van der Waals surface area contributed by atoms with Crippen LogP contribution in [-0.2, 0) is 6.54 Å². The van der Waals surface area contributed by atoms with Gasteiger partial charge in [0.25, 0.3) is 5.91 Å². The quantitative estimate of drug-likeness (QED) is 0.637. The lowest BCUT2D eigenvalue weighted by atomic mass is 10.0. The van der Waals surface area contributed by atoms with E-state index in [0.29, 0.717) is 24.3 Å². The lowest BCUT2D eigenvalue weighted by Gasteiger charge is -2.36. The van der Waals surface area contributed by atoms with E-state index in [-0.39, 0.29) is 12.0 Å². The minimum Gasteiger partial charge on any atom is -0.490 e. The molecular weight excluding hydrogens is 388 g/mol. The topological polar surface area (TPSA) is 70.2 Å². The Labute approximate surface area is 182 Å². The minimum atomic E-state index is -0.173. The largest absolute Gasteiger partial charge is 0.490 e. The van der Waals surface area contributed by atoms with E-state index < -0.39 is 0 Å². The number of rotatable bonds is 6. The molecule has 0 radical (unpaired) electrons. The van der Waals surface area contributed by atoms with Crippen LogP contribution in [0.4, 0.5) is 0 Å². The van der Waals surface area contributed by atoms with E-state index in [1.165, 1.54) is 12.8 Å². The molecule has 2 aliphatic rings. The number of carbonyl (C=O) groups excluding carboxylic acids is 1. The summed E-state index contributed by atoms with van der Waals surface area (Å²) in [5.74, 6) is 0.710. The number of nitrogens with zero attached hydrogens (tertiary/aromatic N) is 2. The van der Waals surface area contributed by atoms with E-state index >= 15 is 0 Å². The highest BCUT2D eigenvalue weighted by molar-refractivity contribution is 5.93. The highest BCUT2D eigenvalue weighted by Crippen LogP contribution is 2.36. The fraction of sp³-hybridized carbons (Fsp3) is 0.360. The van der Waals surface area contributed by atoms with Gasteiger partial charge in [-0.05, 0) is 56.5 Å². The summed E-state index contributed by atoms with van der Waals surface area (Å²) in [5.41, 5.74) is 3.20. The molecule has 0 aliphatic carbocycles. The monoisotopic (exact) mass is 416 g/mol. The fourth-order valence-electron chi connectivity index (χ4n) is 4.85. The maximum atomic E-state index is 12.6. The van der Waals surface area contributed by atoms with Gasteiger partial charge in [-0.15, -0.1) is 0 Å². The molecule has 6 nitrogen and oxygen atoms in total. The Kier molecular flexibility index (Phi) is 5.47. The van der Waals surface area contributed by atoms with Gasteiger partial charge in [0.1, 0.15) is 17.5 Å². The first-order valence-electron chi connectivity index (χ1n) is 11.0. The van der Waals surface area contributed by atoms with Gasteiger partial charge in [-0.3, -0.25) is 9.89 Å². The van der Waals surface area contributed by atoms with Crippen LogP contribution in [0.25, 0.3) is 11.3 Å². The molecule has 5 rings (SSSR count). The molecule has 3 aromatic rings. The van der Waals surface area contributed by atoms with Crippen LogP contribution in [0, 0.1) is 0 Å². The molecule has 3 heterocycles. The Morgan fingerprint density at radius 1 is 1.10 bits per heavy atom. The zero-order chi connectivity index (χ0) is 21.2. The molecule has 31 heavy (non-hydrogen) atoms. The third-order valence-corrected chi connectivity index (χ3v) is 6.60. The van der Waals surface area contributed by atoms with Crippen LogP contribution in [-0.4, -0.2) is 46.2 Å². The van der Waals surface area contributed by atoms with Gasteiger partial charge in [-0.1, -0.05) is 42.5 Å². The molecule has 2 N–H and O–H groups in total. The predicted octanol–water partition coefficient (Wildman–Crippen LogP) is 4.01. The van der Waals surface area contributed by atoms with Crippen LogP contribution in [0.3, 0.4) is 0 Å². The highest BCUT2D eigenvalue weighted by atomic mass is 16.5. The number of hydrogen-bond acceptors (Lipinski definition) is 4. The van der Waals surface area contributed by atoms with E-state index in [2.05, 4.69) is 27.5 Å². The van der Waals surface area contributed by atoms with E-state index in [1.54, 1.807) is 6.07 Å². The van der Waals surface area contributed by atoms with Gasteiger partial charge in [0.2, 0.25) is 0 Å². The van der Waals surface area contributed by atoms with Crippen LogP contribution in [0.1, 0.15) is 41.7 Å². The Bertz CT molecular complexity index is 1030. The van der Waals surface area contributed by atoms with Gasteiger partial charge in [-0.2, -0.15) is 5.10 Å². The number of amides is 1. The molecule has 2 saturated heterocycles. The number of aromatic nitrogens is 2. The number of fused-ring (bicyclic) bond motifs is 2. The molecule has 1 aromatic heterocycles. The Morgan fingerprint density at radius 3 is 2.65 bits per heavy atom. The van der Waals surface area contributed by atoms with Crippen molar-refractivity contribution in [3.63, 3.8) is 0 Å². The van der Waals surface area contributed by atoms with Crippen LogP contribution >= 0.6 is 0 Å². The molecule has 0 spiro atoms. The Balaban J connectivity index is 1.18. The molecule has 3 atom stereocenters. The van der Waals surface area contributed by atoms with Gasteiger partial charge in [-0.25, -0.2) is 0 Å². The molecule has 2 aromatic carbocycles. The normalized spacial score (nSPS) is 22.9. The van der Waals surface area contributed by atoms with Gasteiger partial charge in [0.15, 0.2) is 0 Å². The third kappa shape index (κ3) is 4.35. The van der Waals surface area contributed by atoms with Crippen molar-refractivity contribution in [2.24, 2.45) is 0 Å². The predicted molar refractivity (Wildman–Crippen MR) is 120 cm³/mol. The average molecular weight is 417 g/mol. The van der Waals surface area contributed by atoms with Crippen molar-refractivity contribution in [1.29, 1.82) is 0 Å². The molecule has 0 unspecified atom stereocenters. The smallest absolute Gasteiger partial charge is 0.269 e. The number of H-pyrrole nitrogens is 1. The number of piperidine rings is 1. The molecule has 0 saturated carbocycles. The summed E-state index contributed by atoms with van der Waals surface area (Å²) in [6.45, 7) is 0.439. The van der Waals surface area contributed by atoms with Crippen LogP contribution in [0.2, 0.25) is 0 Å². The van der Waals surface area contributed by atoms with Crippen LogP contribution < -0.4 is 10.1 Å². The van der Waals surface area contributed by atoms with Crippen molar-refractivity contribution in [2.75, 3.05) is 7.05 Å². The van der Waals surface area contributed by atoms with E-state index in [4.69, 9.17) is 4.74 Å². The van der Waals surface area contributed by atoms with Gasteiger partial charge in [0.05, 0.1) is 5.69 Å². The van der Waals surface area contributed by atoms with Gasteiger partial charge >= 0.3 is 0 Å². The zero-order valence-corrected chi connectivity index (χ0v) is 17.8. The number of benzene rings is 2. The first-order valence-corrected chi connectivity index (χ1v) is 11.0. The summed E-state index contributed by atoms with van der Waals surface area (Å²) >= 11 is 0. The van der Waals surface area contributed by atoms with Crippen molar-refractivity contribution < 1.29 is 9.53 Å². The van der Waals surface area contributed by atoms with Crippen molar-refractivity contribution >= 4 is 5.91 Å². The van der Waals surface area contributed by atoms with Gasteiger partial charge in [0, 0.05) is 24.2 Å². The Morgan fingerprint density at radius 2 is 1.87 bits per heavy atom. The molecule has 1 amide bonds. The number of hydrogen-bond donors (Lipinski definition) is 2. The Hall–Kier alpha value is -3.12. The second-order valence-corrected chi connectivity index (χ2v) is 8.62. The summed E-state index contributed by atoms with van der Waals surface area (Å²) < 4.78 is 6.31. The first kappa shape index (κ1) is 19.8. The molecule has 2 aliphatic heterocycles. The van der Waals surface area contributed by atoms with Crippen molar-refractivity contribution in [2.45, 2.75) is 50.4 Å². The summed E-state index contributed by atoms with van der Waals surface area (Å²) in [4.78, 5) is 15.1. The van der Waals surface area contributed by atoms with E-state index in [0.717, 1.165) is 35.4 Å². The fourth-order valence-corrected chi connectivity index (χ4v) is 4.85. The summed E-state index contributed by atoms with van der Waals surface area (Å²) in [6, 6.07) is 20.9. The third-order valence-electron chi connectivity index (χ3n) is 6.60. The van der Waals surface area contributed by atoms with Crippen molar-refractivity contribution in [3.8, 4) is 17.0 Å². The van der Waals surface area contributed by atoms with Crippen LogP contribution in [0.15, 0.2) is 60.7 Å². The molecule has 160 valence electrons. The second-order valence-electron chi connectivity index (χ2n) is 8.62. The summed E-state index contributed by atoms with van der Waals surface area (Å²) in [6.07, 6.45) is 5.04. The number of nitrogens with one attached hydrogen (secondary N) is 2. The van der Waals surface area contributed by atoms with Gasteiger partial charge < -0.3 is 15.0 Å². The van der Waals surface area contributed by atoms with E-state index in [1.807, 2.05) is 54.6 Å². The molecule has 6 heteroatoms. The van der Waals surface area contributed by atoms with E-state index in [9.17, 15) is 4.79 Å². The van der Waals surface area contributed by atoms with Crippen molar-refractivity contribution in [3.05, 3.63) is 71.9 Å². The zero-order valence-electron chi connectivity index (χ0n) is 17.8. The highest BCUT2D eigenvalue weighted by Gasteiger charge is 2.39. The lowest BCUT2D eigenvalue weighted by molar-refractivity contribution is 0.0661. The summed E-state index contributed by atoms with van der Waals surface area (Å²) in [5, 5.41) is 10.1. The number of ether oxygens (including phenoxy) is 1. The average Bonchev–Trinajstić information content (AvgIpc) is 3.35. The maximum Gasteiger partial charge on any atom is 0.269 e. The lowest BCUT2D eigenvalue weighted by Crippen LogP contribution is -2.43. The first-order chi connectivity index (χ1) is 15.2. The molecule has 2 fully saturated rings. The standard InChI is InChI=1S/C25H28N4O2/c1-29-19-10-11-20(29)14-22(13-19)31-21-9-5-6-17(12-21)16-26-25(30)24-15-23(27-28-24)18-7-3-2-4-8-18/h2-9,12,15,19-20,22H,10-11,13-14,16H2,1H3,(H,26,30)(H,27,28)/t19-,20+,22+. The number of aromatic amines is 1. The minimum absolute atomic E-state index is 0.173. The SMILES string of the molecule is CN1[C@@H]2CC[C@H]1C[C@@H](Oc1cccc(CNC(=O)c3cc(-c4ccccc4)n[nH]3)c1)C2. The summed E-state index contributed by atoms with van der Waals surface area (Å²) in [7, 11) is 2.24. The molecule has 2 bridgehead atoms. The maximum absolute atomic E-state index is 12.6. The number of carbonyl (C=O) groups is 1. The van der Waals surface area contributed by atoms with Crippen molar-refractivity contribution in [1.82, 2.24) is 20.4 Å². The second kappa shape index (κ2) is 8.55. The van der Waals surface area contributed by atoms with Crippen LogP contribution in [0.5, 0.6) is 5.75 Å².